The van der Waals surface area contributed by atoms with Crippen LogP contribution in [-0.2, 0) is 4.74 Å². The Bertz CT molecular complexity index is 84.7. The maximum atomic E-state index is 5.30. The van der Waals surface area contributed by atoms with E-state index in [1.807, 2.05) is 13.8 Å². The number of hydrogen-bond acceptors (Lipinski definition) is 1. The van der Waals surface area contributed by atoms with E-state index in [-0.39, 0.29) is 0 Å². The zero-order valence-electron chi connectivity index (χ0n) is 7.26. The molecule has 0 aromatic heterocycles. The quantitative estimate of drug-likeness (QED) is 0.536. The zero-order valence-corrected chi connectivity index (χ0v) is 7.26. The maximum absolute atomic E-state index is 5.30. The zero-order chi connectivity index (χ0) is 7.82. The Morgan fingerprint density at radius 1 is 1.30 bits per heavy atom. The van der Waals surface area contributed by atoms with Gasteiger partial charge in [-0.2, -0.15) is 0 Å². The van der Waals surface area contributed by atoms with Gasteiger partial charge in [0.15, 0.2) is 0 Å². The van der Waals surface area contributed by atoms with Gasteiger partial charge in [0.2, 0.25) is 0 Å². The molecule has 0 rings (SSSR count). The minimum absolute atomic E-state index is 0.353. The largest absolute Gasteiger partial charge is 0.375 e. The Labute approximate surface area is 64.1 Å². The van der Waals surface area contributed by atoms with Crippen LogP contribution in [0.2, 0.25) is 0 Å². The van der Waals surface area contributed by atoms with Gasteiger partial charge in [0.25, 0.3) is 0 Å². The first-order chi connectivity index (χ1) is 4.77. The van der Waals surface area contributed by atoms with Crippen molar-refractivity contribution in [2.24, 2.45) is 0 Å². The molecule has 0 bridgehead atoms. The summed E-state index contributed by atoms with van der Waals surface area (Å²) in [5.41, 5.74) is 0. The van der Waals surface area contributed by atoms with E-state index >= 15 is 0 Å². The minimum atomic E-state index is 0.353. The molecule has 0 saturated heterocycles. The molecule has 0 saturated carbocycles. The van der Waals surface area contributed by atoms with E-state index in [0.717, 1.165) is 6.61 Å². The number of ether oxygens (including phenoxy) is 1. The van der Waals surface area contributed by atoms with Crippen molar-refractivity contribution < 1.29 is 4.74 Å². The maximum Gasteiger partial charge on any atom is 0.0650 e. The molecule has 0 N–H and O–H groups in total. The first-order valence-corrected chi connectivity index (χ1v) is 4.04. The van der Waals surface area contributed by atoms with Crippen LogP contribution in [0.1, 0.15) is 33.6 Å². The van der Waals surface area contributed by atoms with Crippen LogP contribution in [0.4, 0.5) is 0 Å². The summed E-state index contributed by atoms with van der Waals surface area (Å²) in [7, 11) is 0. The lowest BCUT2D eigenvalue weighted by atomic mass is 10.3. The summed E-state index contributed by atoms with van der Waals surface area (Å²) in [6.07, 6.45) is 7.00. The average Bonchev–Trinajstić information content (AvgIpc) is 1.87. The minimum Gasteiger partial charge on any atom is -0.375 e. The van der Waals surface area contributed by atoms with E-state index in [1.165, 1.54) is 12.8 Å². The number of allylic oxidation sites excluding steroid dienone is 1. The Morgan fingerprint density at radius 3 is 2.50 bits per heavy atom. The second kappa shape index (κ2) is 6.81. The lowest BCUT2D eigenvalue weighted by Crippen LogP contribution is -2.01. The highest BCUT2D eigenvalue weighted by Crippen LogP contribution is 1.91. The van der Waals surface area contributed by atoms with Crippen molar-refractivity contribution >= 4 is 0 Å². The Balaban J connectivity index is 3.02. The summed E-state index contributed by atoms with van der Waals surface area (Å²) >= 11 is 0. The van der Waals surface area contributed by atoms with E-state index < -0.39 is 0 Å². The molecule has 0 aliphatic heterocycles. The van der Waals surface area contributed by atoms with Gasteiger partial charge in [-0.1, -0.05) is 25.5 Å². The highest BCUT2D eigenvalue weighted by Gasteiger charge is 1.86. The van der Waals surface area contributed by atoms with Crippen LogP contribution < -0.4 is 0 Å². The van der Waals surface area contributed by atoms with Crippen LogP contribution in [0.5, 0.6) is 0 Å². The summed E-state index contributed by atoms with van der Waals surface area (Å²) in [6.45, 7) is 7.03. The van der Waals surface area contributed by atoms with Crippen molar-refractivity contribution in [1.29, 1.82) is 0 Å². The summed E-state index contributed by atoms with van der Waals surface area (Å²) in [5.74, 6) is 0. The van der Waals surface area contributed by atoms with Crippen molar-refractivity contribution in [3.8, 4) is 0 Å². The first kappa shape index (κ1) is 9.70. The summed E-state index contributed by atoms with van der Waals surface area (Å²) in [5, 5.41) is 0. The fourth-order valence-electron chi connectivity index (χ4n) is 0.601. The van der Waals surface area contributed by atoms with Crippen molar-refractivity contribution in [3.05, 3.63) is 12.2 Å². The van der Waals surface area contributed by atoms with E-state index in [9.17, 15) is 0 Å². The molecule has 0 fully saturated rings. The van der Waals surface area contributed by atoms with Gasteiger partial charge in [-0.3, -0.25) is 0 Å². The average molecular weight is 142 g/mol. The topological polar surface area (TPSA) is 9.23 Å². The Kier molecular flexibility index (Phi) is 6.61. The van der Waals surface area contributed by atoms with Gasteiger partial charge in [0.1, 0.15) is 0 Å². The molecule has 1 nitrogen and oxygen atoms in total. The van der Waals surface area contributed by atoms with E-state index in [4.69, 9.17) is 4.74 Å². The molecule has 0 spiro atoms. The van der Waals surface area contributed by atoms with Gasteiger partial charge < -0.3 is 4.74 Å². The van der Waals surface area contributed by atoms with Crippen molar-refractivity contribution in [1.82, 2.24) is 0 Å². The third-order valence-corrected chi connectivity index (χ3v) is 1.15. The van der Waals surface area contributed by atoms with Crippen LogP contribution in [0.15, 0.2) is 12.2 Å². The third-order valence-electron chi connectivity index (χ3n) is 1.15. The fraction of sp³-hybridized carbons (Fsp3) is 0.778. The summed E-state index contributed by atoms with van der Waals surface area (Å²) in [4.78, 5) is 0. The van der Waals surface area contributed by atoms with Gasteiger partial charge in [0, 0.05) is 0 Å². The van der Waals surface area contributed by atoms with E-state index in [1.54, 1.807) is 0 Å². The molecule has 0 heterocycles. The normalized spacial score (nSPS) is 11.6. The highest BCUT2D eigenvalue weighted by molar-refractivity contribution is 4.80. The molecule has 0 amide bonds. The van der Waals surface area contributed by atoms with Gasteiger partial charge in [0.05, 0.1) is 12.7 Å². The van der Waals surface area contributed by atoms with E-state index in [2.05, 4.69) is 19.1 Å². The predicted molar refractivity (Wildman–Crippen MR) is 45.1 cm³/mol. The molecule has 0 aliphatic rings. The summed E-state index contributed by atoms with van der Waals surface area (Å²) < 4.78 is 5.30. The van der Waals surface area contributed by atoms with Crippen LogP contribution in [0, 0.1) is 0 Å². The van der Waals surface area contributed by atoms with Crippen LogP contribution in [0.25, 0.3) is 0 Å². The van der Waals surface area contributed by atoms with Crippen molar-refractivity contribution in [2.45, 2.75) is 39.7 Å². The van der Waals surface area contributed by atoms with Gasteiger partial charge in [-0.05, 0) is 20.3 Å². The lowest BCUT2D eigenvalue weighted by molar-refractivity contribution is 0.102. The molecule has 60 valence electrons. The molecule has 0 atom stereocenters. The van der Waals surface area contributed by atoms with Crippen LogP contribution >= 0.6 is 0 Å². The molecule has 1 heteroatoms. The van der Waals surface area contributed by atoms with Crippen molar-refractivity contribution in [3.63, 3.8) is 0 Å². The first-order valence-electron chi connectivity index (χ1n) is 4.04. The fourth-order valence-corrected chi connectivity index (χ4v) is 0.601. The lowest BCUT2D eigenvalue weighted by Gasteiger charge is -2.02. The molecule has 0 aromatic carbocycles. The standard InChI is InChI=1S/C9H18O/c1-4-5-6-7-8-10-9(2)3/h6-7,9H,4-5,8H2,1-3H3/b7-6+. The van der Waals surface area contributed by atoms with Gasteiger partial charge >= 0.3 is 0 Å². The second-order valence-corrected chi connectivity index (χ2v) is 2.64. The number of rotatable bonds is 5. The third kappa shape index (κ3) is 7.70. The van der Waals surface area contributed by atoms with Gasteiger partial charge in [-0.15, -0.1) is 0 Å². The smallest absolute Gasteiger partial charge is 0.0650 e. The summed E-state index contributed by atoms with van der Waals surface area (Å²) in [6, 6.07) is 0. The molecule has 10 heavy (non-hydrogen) atoms. The Hall–Kier alpha value is -0.300. The predicted octanol–water partition coefficient (Wildman–Crippen LogP) is 2.77. The van der Waals surface area contributed by atoms with E-state index in [0.29, 0.717) is 6.10 Å². The van der Waals surface area contributed by atoms with Crippen LogP contribution in [0.3, 0.4) is 0 Å². The molecular weight excluding hydrogens is 124 g/mol. The van der Waals surface area contributed by atoms with Gasteiger partial charge in [-0.25, -0.2) is 0 Å². The molecular formula is C9H18O. The monoisotopic (exact) mass is 142 g/mol. The van der Waals surface area contributed by atoms with Crippen LogP contribution in [-0.4, -0.2) is 12.7 Å². The second-order valence-electron chi connectivity index (χ2n) is 2.64. The number of hydrogen-bond donors (Lipinski definition) is 0. The van der Waals surface area contributed by atoms with Crippen molar-refractivity contribution in [2.75, 3.05) is 6.61 Å². The Morgan fingerprint density at radius 2 is 2.00 bits per heavy atom. The molecule has 0 aromatic rings. The number of unbranched alkanes of at least 4 members (excludes halogenated alkanes) is 1. The molecule has 0 radical (unpaired) electrons. The molecule has 0 aliphatic carbocycles. The SMILES string of the molecule is CCC/C=C/COC(C)C. The molecule has 0 unspecified atom stereocenters. The highest BCUT2D eigenvalue weighted by atomic mass is 16.5.